The van der Waals surface area contributed by atoms with Gasteiger partial charge in [0.05, 0.1) is 0 Å². The van der Waals surface area contributed by atoms with Gasteiger partial charge in [-0.05, 0) is 12.8 Å². The number of hydrogen-bond donors (Lipinski definition) is 1. The predicted octanol–water partition coefficient (Wildman–Crippen LogP) is 1.82. The monoisotopic (exact) mass is 301 g/mol. The number of nitrogens with zero attached hydrogens (tertiary/aromatic N) is 4. The van der Waals surface area contributed by atoms with E-state index in [1.807, 2.05) is 4.90 Å². The summed E-state index contributed by atoms with van der Waals surface area (Å²) < 4.78 is 38.6. The Bertz CT molecular complexity index is 507. The van der Waals surface area contributed by atoms with Crippen LogP contribution in [0.3, 0.4) is 0 Å². The minimum Gasteiger partial charge on any atom is -0.357 e. The van der Waals surface area contributed by atoms with Crippen molar-refractivity contribution in [1.29, 1.82) is 0 Å². The van der Waals surface area contributed by atoms with Crippen LogP contribution in [0.4, 0.5) is 24.9 Å². The summed E-state index contributed by atoms with van der Waals surface area (Å²) >= 11 is 0. The Balaban J connectivity index is 1.78. The highest BCUT2D eigenvalue weighted by molar-refractivity contribution is 5.46. The van der Waals surface area contributed by atoms with Gasteiger partial charge in [-0.25, -0.2) is 4.98 Å². The van der Waals surface area contributed by atoms with E-state index in [4.69, 9.17) is 0 Å². The molecule has 5 nitrogen and oxygen atoms in total. The summed E-state index contributed by atoms with van der Waals surface area (Å²) in [6, 6.07) is 1.73. The maximum atomic E-state index is 12.9. The highest BCUT2D eigenvalue weighted by Crippen LogP contribution is 2.32. The quantitative estimate of drug-likeness (QED) is 0.922. The van der Waals surface area contributed by atoms with Gasteiger partial charge in [0.15, 0.2) is 5.69 Å². The third-order valence-electron chi connectivity index (χ3n) is 3.93. The number of halogens is 3. The molecule has 3 rings (SSSR count). The fourth-order valence-corrected chi connectivity index (χ4v) is 2.61. The van der Waals surface area contributed by atoms with Gasteiger partial charge in [0.25, 0.3) is 0 Å². The van der Waals surface area contributed by atoms with E-state index in [0.717, 1.165) is 19.2 Å². The molecule has 2 fully saturated rings. The van der Waals surface area contributed by atoms with Crippen molar-refractivity contribution in [3.8, 4) is 0 Å². The van der Waals surface area contributed by atoms with Gasteiger partial charge < -0.3 is 10.2 Å². The Morgan fingerprint density at radius 2 is 1.81 bits per heavy atom. The van der Waals surface area contributed by atoms with Gasteiger partial charge in [-0.1, -0.05) is 0 Å². The van der Waals surface area contributed by atoms with Crippen LogP contribution >= 0.6 is 0 Å². The van der Waals surface area contributed by atoms with E-state index in [-0.39, 0.29) is 5.95 Å². The van der Waals surface area contributed by atoms with E-state index in [9.17, 15) is 13.2 Å². The molecule has 0 aromatic carbocycles. The molecular formula is C13H18F3N5. The van der Waals surface area contributed by atoms with Crippen LogP contribution in [0, 0.1) is 0 Å². The molecular weight excluding hydrogens is 283 g/mol. The molecule has 1 aliphatic carbocycles. The Morgan fingerprint density at radius 3 is 2.33 bits per heavy atom. The summed E-state index contributed by atoms with van der Waals surface area (Å²) in [4.78, 5) is 12.0. The molecule has 2 aliphatic rings. The van der Waals surface area contributed by atoms with Crippen LogP contribution < -0.4 is 10.2 Å². The van der Waals surface area contributed by atoms with E-state index in [2.05, 4.69) is 20.2 Å². The van der Waals surface area contributed by atoms with Gasteiger partial charge >= 0.3 is 6.18 Å². The van der Waals surface area contributed by atoms with Crippen molar-refractivity contribution in [2.75, 3.05) is 43.4 Å². The Kier molecular flexibility index (Phi) is 3.64. The molecule has 0 spiro atoms. The first-order valence-electron chi connectivity index (χ1n) is 7.10. The first-order chi connectivity index (χ1) is 9.97. The number of nitrogens with one attached hydrogen (secondary N) is 1. The van der Waals surface area contributed by atoms with Crippen LogP contribution in [0.25, 0.3) is 0 Å². The highest BCUT2D eigenvalue weighted by Gasteiger charge is 2.35. The second kappa shape index (κ2) is 5.32. The number of alkyl halides is 3. The zero-order valence-electron chi connectivity index (χ0n) is 11.8. The smallest absolute Gasteiger partial charge is 0.357 e. The fraction of sp³-hybridized carbons (Fsp3) is 0.692. The number of anilines is 2. The van der Waals surface area contributed by atoms with Crippen LogP contribution in [0.15, 0.2) is 6.07 Å². The summed E-state index contributed by atoms with van der Waals surface area (Å²) in [6.07, 6.45) is -1.97. The zero-order chi connectivity index (χ0) is 15.0. The maximum absolute atomic E-state index is 12.9. The first-order valence-corrected chi connectivity index (χ1v) is 7.10. The largest absolute Gasteiger partial charge is 0.433 e. The second-order valence-corrected chi connectivity index (χ2v) is 5.44. The minimum atomic E-state index is -4.46. The fourth-order valence-electron chi connectivity index (χ4n) is 2.61. The second-order valence-electron chi connectivity index (χ2n) is 5.44. The van der Waals surface area contributed by atoms with Crippen molar-refractivity contribution in [2.24, 2.45) is 0 Å². The predicted molar refractivity (Wildman–Crippen MR) is 73.4 cm³/mol. The highest BCUT2D eigenvalue weighted by atomic mass is 19.4. The molecule has 0 bridgehead atoms. The molecule has 2 heterocycles. The Hall–Kier alpha value is -1.57. The van der Waals surface area contributed by atoms with Crippen LogP contribution in [-0.4, -0.2) is 54.1 Å². The van der Waals surface area contributed by atoms with Gasteiger partial charge in [-0.15, -0.1) is 0 Å². The standard InChI is InChI=1S/C13H18F3N5/c1-17-12-18-10(13(14,15)16)8-11(19-12)21-6-4-20(5-7-21)9-2-3-9/h8-9H,2-7H2,1H3,(H,17,18,19). The first kappa shape index (κ1) is 14.4. The average molecular weight is 301 g/mol. The molecule has 0 amide bonds. The van der Waals surface area contributed by atoms with Gasteiger partial charge in [-0.3, -0.25) is 4.90 Å². The maximum Gasteiger partial charge on any atom is 0.433 e. The zero-order valence-corrected chi connectivity index (χ0v) is 11.8. The van der Waals surface area contributed by atoms with Crippen LogP contribution in [0.2, 0.25) is 0 Å². The summed E-state index contributed by atoms with van der Waals surface area (Å²) in [6.45, 7) is 3.16. The van der Waals surface area contributed by atoms with Crippen LogP contribution in [0.1, 0.15) is 18.5 Å². The summed E-state index contributed by atoms with van der Waals surface area (Å²) in [5.41, 5.74) is -0.901. The molecule has 1 aromatic rings. The van der Waals surface area contributed by atoms with Gasteiger partial charge in [0.1, 0.15) is 5.82 Å². The third-order valence-corrected chi connectivity index (χ3v) is 3.93. The molecule has 1 aromatic heterocycles. The Morgan fingerprint density at radius 1 is 1.14 bits per heavy atom. The van der Waals surface area contributed by atoms with Gasteiger partial charge in [-0.2, -0.15) is 18.2 Å². The van der Waals surface area contributed by atoms with Crippen molar-refractivity contribution in [1.82, 2.24) is 14.9 Å². The van der Waals surface area contributed by atoms with E-state index < -0.39 is 11.9 Å². The molecule has 116 valence electrons. The SMILES string of the molecule is CNc1nc(N2CCN(C3CC3)CC2)cc(C(F)(F)F)n1. The van der Waals surface area contributed by atoms with Crippen molar-refractivity contribution in [3.05, 3.63) is 11.8 Å². The molecule has 1 aliphatic heterocycles. The molecule has 0 unspecified atom stereocenters. The lowest BCUT2D eigenvalue weighted by Gasteiger charge is -2.35. The molecule has 1 N–H and O–H groups in total. The van der Waals surface area contributed by atoms with Crippen LogP contribution in [0.5, 0.6) is 0 Å². The summed E-state index contributed by atoms with van der Waals surface area (Å²) in [7, 11) is 1.52. The lowest BCUT2D eigenvalue weighted by molar-refractivity contribution is -0.141. The summed E-state index contributed by atoms with van der Waals surface area (Å²) in [5, 5.41) is 2.60. The lowest BCUT2D eigenvalue weighted by atomic mass is 10.3. The van der Waals surface area contributed by atoms with Gasteiger partial charge in [0, 0.05) is 45.3 Å². The van der Waals surface area contributed by atoms with Crippen LogP contribution in [-0.2, 0) is 6.18 Å². The molecule has 1 saturated heterocycles. The molecule has 1 saturated carbocycles. The summed E-state index contributed by atoms with van der Waals surface area (Å²) in [5.74, 6) is 0.349. The number of piperazine rings is 1. The topological polar surface area (TPSA) is 44.3 Å². The van der Waals surface area contributed by atoms with Gasteiger partial charge in [0.2, 0.25) is 5.95 Å². The van der Waals surface area contributed by atoms with E-state index in [1.165, 1.54) is 19.9 Å². The lowest BCUT2D eigenvalue weighted by Crippen LogP contribution is -2.47. The number of rotatable bonds is 3. The average Bonchev–Trinajstić information content (AvgIpc) is 3.30. The normalized spacial score (nSPS) is 20.7. The molecule has 0 atom stereocenters. The molecule has 21 heavy (non-hydrogen) atoms. The van der Waals surface area contributed by atoms with Crippen molar-refractivity contribution in [2.45, 2.75) is 25.1 Å². The van der Waals surface area contributed by atoms with E-state index in [0.29, 0.717) is 24.9 Å². The van der Waals surface area contributed by atoms with Crippen molar-refractivity contribution >= 4 is 11.8 Å². The van der Waals surface area contributed by atoms with Crippen molar-refractivity contribution < 1.29 is 13.2 Å². The Labute approximate surface area is 121 Å². The van der Waals surface area contributed by atoms with Crippen molar-refractivity contribution in [3.63, 3.8) is 0 Å². The minimum absolute atomic E-state index is 0.00412. The van der Waals surface area contributed by atoms with E-state index in [1.54, 1.807) is 0 Å². The van der Waals surface area contributed by atoms with E-state index >= 15 is 0 Å². The molecule has 8 heteroatoms. The number of hydrogen-bond acceptors (Lipinski definition) is 5. The molecule has 0 radical (unpaired) electrons. The number of aromatic nitrogens is 2. The third kappa shape index (κ3) is 3.20.